The molecule has 0 aliphatic heterocycles. The fraction of sp³-hybridized carbons (Fsp3) is 0.812. The molecule has 110 valence electrons. The van der Waals surface area contributed by atoms with Crippen LogP contribution in [0.3, 0.4) is 0 Å². The molecule has 0 radical (unpaired) electrons. The molecule has 4 heteroatoms. The molecule has 20 heavy (non-hydrogen) atoms. The van der Waals surface area contributed by atoms with Crippen molar-refractivity contribution in [2.45, 2.75) is 58.4 Å². The Kier molecular flexibility index (Phi) is 2.70. The quantitative estimate of drug-likeness (QED) is 0.888. The molecule has 0 saturated heterocycles. The van der Waals surface area contributed by atoms with Crippen molar-refractivity contribution in [1.82, 2.24) is 9.78 Å². The zero-order chi connectivity index (χ0) is 14.1. The molecule has 5 rings (SSSR count). The van der Waals surface area contributed by atoms with Gasteiger partial charge in [0.2, 0.25) is 0 Å². The van der Waals surface area contributed by atoms with E-state index < -0.39 is 0 Å². The molecule has 2 N–H and O–H groups in total. The third-order valence-corrected chi connectivity index (χ3v) is 6.85. The average molecular weight is 294 g/mol. The molecular formula is C16H24ClN3. The zero-order valence-electron chi connectivity index (χ0n) is 12.4. The third kappa shape index (κ3) is 1.68. The van der Waals surface area contributed by atoms with E-state index in [-0.39, 0.29) is 0 Å². The highest BCUT2D eigenvalue weighted by Crippen LogP contribution is 2.63. The molecule has 1 aromatic rings. The topological polar surface area (TPSA) is 43.8 Å². The minimum atomic E-state index is 0.377. The van der Waals surface area contributed by atoms with E-state index in [0.29, 0.717) is 22.3 Å². The molecule has 1 unspecified atom stereocenters. The van der Waals surface area contributed by atoms with Crippen LogP contribution in [0.15, 0.2) is 0 Å². The third-order valence-electron chi connectivity index (χ3n) is 6.39. The van der Waals surface area contributed by atoms with Crippen LogP contribution in [0.25, 0.3) is 0 Å². The van der Waals surface area contributed by atoms with Crippen LogP contribution in [0.1, 0.15) is 57.2 Å². The predicted octanol–water partition coefficient (Wildman–Crippen LogP) is 4.20. The van der Waals surface area contributed by atoms with Crippen molar-refractivity contribution in [3.8, 4) is 0 Å². The molecule has 1 atom stereocenters. The number of aryl methyl sites for hydroxylation is 1. The highest BCUT2D eigenvalue weighted by Gasteiger charge is 2.54. The van der Waals surface area contributed by atoms with E-state index in [1.54, 1.807) is 0 Å². The van der Waals surface area contributed by atoms with E-state index in [1.165, 1.54) is 38.5 Å². The Morgan fingerprint density at radius 1 is 1.20 bits per heavy atom. The minimum Gasteiger partial charge on any atom is -0.383 e. The van der Waals surface area contributed by atoms with Crippen LogP contribution in [0.2, 0.25) is 5.02 Å². The van der Waals surface area contributed by atoms with Crippen LogP contribution >= 0.6 is 11.6 Å². The summed E-state index contributed by atoms with van der Waals surface area (Å²) in [6.07, 6.45) is 8.53. The van der Waals surface area contributed by atoms with Gasteiger partial charge in [0.1, 0.15) is 10.8 Å². The SMILES string of the molecule is Cc1nn(C(C)C23CC4CC(CC(C4)C2)C3)c(N)c1Cl. The average Bonchev–Trinajstić information content (AvgIpc) is 2.64. The summed E-state index contributed by atoms with van der Waals surface area (Å²) in [5.41, 5.74) is 7.47. The van der Waals surface area contributed by atoms with Gasteiger partial charge in [0.15, 0.2) is 0 Å². The molecule has 1 aromatic heterocycles. The standard InChI is InChI=1S/C16H24ClN3/c1-9-14(17)15(18)20(19-9)10(2)16-6-11-3-12(7-16)5-13(4-11)8-16/h10-13H,3-8,18H2,1-2H3. The van der Waals surface area contributed by atoms with Crippen molar-refractivity contribution in [3.05, 3.63) is 10.7 Å². The van der Waals surface area contributed by atoms with Gasteiger partial charge in [-0.15, -0.1) is 0 Å². The molecule has 4 fully saturated rings. The summed E-state index contributed by atoms with van der Waals surface area (Å²) in [6.45, 7) is 4.26. The van der Waals surface area contributed by atoms with Crippen LogP contribution < -0.4 is 5.73 Å². The number of aromatic nitrogens is 2. The number of nitrogen functional groups attached to an aromatic ring is 1. The number of nitrogens with two attached hydrogens (primary N) is 1. The number of hydrogen-bond donors (Lipinski definition) is 1. The maximum Gasteiger partial charge on any atom is 0.141 e. The second kappa shape index (κ2) is 4.16. The van der Waals surface area contributed by atoms with Crippen molar-refractivity contribution in [1.29, 1.82) is 0 Å². The minimum absolute atomic E-state index is 0.377. The molecular weight excluding hydrogens is 270 g/mol. The lowest BCUT2D eigenvalue weighted by molar-refractivity contribution is -0.0806. The molecule has 4 aliphatic rings. The van der Waals surface area contributed by atoms with Crippen molar-refractivity contribution < 1.29 is 0 Å². The van der Waals surface area contributed by atoms with Crippen molar-refractivity contribution in [3.63, 3.8) is 0 Å². The van der Waals surface area contributed by atoms with Gasteiger partial charge in [0.25, 0.3) is 0 Å². The number of anilines is 1. The maximum atomic E-state index is 6.24. The highest BCUT2D eigenvalue weighted by atomic mass is 35.5. The Bertz CT molecular complexity index is 513. The largest absolute Gasteiger partial charge is 0.383 e. The summed E-state index contributed by atoms with van der Waals surface area (Å²) >= 11 is 6.24. The maximum absolute atomic E-state index is 6.24. The summed E-state index contributed by atoms with van der Waals surface area (Å²) in [4.78, 5) is 0. The first kappa shape index (κ1) is 13.0. The van der Waals surface area contributed by atoms with Gasteiger partial charge in [0.05, 0.1) is 11.7 Å². The van der Waals surface area contributed by atoms with Gasteiger partial charge in [-0.2, -0.15) is 5.10 Å². The molecule has 3 nitrogen and oxygen atoms in total. The van der Waals surface area contributed by atoms with E-state index in [9.17, 15) is 0 Å². The molecule has 4 saturated carbocycles. The molecule has 0 aromatic carbocycles. The van der Waals surface area contributed by atoms with E-state index in [1.807, 2.05) is 11.6 Å². The van der Waals surface area contributed by atoms with Gasteiger partial charge in [-0.05, 0) is 75.5 Å². The van der Waals surface area contributed by atoms with Gasteiger partial charge >= 0.3 is 0 Å². The van der Waals surface area contributed by atoms with E-state index in [4.69, 9.17) is 17.3 Å². The van der Waals surface area contributed by atoms with Gasteiger partial charge in [-0.3, -0.25) is 0 Å². The van der Waals surface area contributed by atoms with Gasteiger partial charge in [-0.25, -0.2) is 4.68 Å². The molecule has 0 amide bonds. The smallest absolute Gasteiger partial charge is 0.141 e. The van der Waals surface area contributed by atoms with E-state index in [0.717, 1.165) is 23.4 Å². The van der Waals surface area contributed by atoms with Crippen LogP contribution in [0.4, 0.5) is 5.82 Å². The molecule has 4 bridgehead atoms. The number of hydrogen-bond acceptors (Lipinski definition) is 2. The van der Waals surface area contributed by atoms with Crippen LogP contribution in [0, 0.1) is 30.1 Å². The number of halogens is 1. The van der Waals surface area contributed by atoms with Crippen molar-refractivity contribution in [2.24, 2.45) is 23.2 Å². The first-order valence-corrected chi connectivity index (χ1v) is 8.36. The van der Waals surface area contributed by atoms with Gasteiger partial charge in [-0.1, -0.05) is 11.6 Å². The van der Waals surface area contributed by atoms with Crippen LogP contribution in [-0.4, -0.2) is 9.78 Å². The predicted molar refractivity (Wildman–Crippen MR) is 81.7 cm³/mol. The van der Waals surface area contributed by atoms with E-state index >= 15 is 0 Å². The fourth-order valence-corrected chi connectivity index (χ4v) is 5.91. The monoisotopic (exact) mass is 293 g/mol. The van der Waals surface area contributed by atoms with Crippen LogP contribution in [0.5, 0.6) is 0 Å². The second-order valence-electron chi connectivity index (χ2n) is 7.69. The first-order chi connectivity index (χ1) is 9.48. The first-order valence-electron chi connectivity index (χ1n) is 7.98. The second-order valence-corrected chi connectivity index (χ2v) is 8.06. The lowest BCUT2D eigenvalue weighted by Gasteiger charge is -2.59. The molecule has 1 heterocycles. The number of nitrogens with zero attached hydrogens (tertiary/aromatic N) is 2. The summed E-state index contributed by atoms with van der Waals surface area (Å²) in [6, 6.07) is 0.377. The lowest BCUT2D eigenvalue weighted by Crippen LogP contribution is -2.49. The molecule has 0 spiro atoms. The summed E-state index contributed by atoms with van der Waals surface area (Å²) in [5, 5.41) is 5.27. The van der Waals surface area contributed by atoms with E-state index in [2.05, 4.69) is 12.0 Å². The Balaban J connectivity index is 1.71. The summed E-state index contributed by atoms with van der Waals surface area (Å²) in [5.74, 6) is 3.53. The normalized spacial score (nSPS) is 40.2. The summed E-state index contributed by atoms with van der Waals surface area (Å²) in [7, 11) is 0. The van der Waals surface area contributed by atoms with Gasteiger partial charge < -0.3 is 5.73 Å². The van der Waals surface area contributed by atoms with Gasteiger partial charge in [0, 0.05) is 0 Å². The lowest BCUT2D eigenvalue weighted by atomic mass is 9.48. The van der Waals surface area contributed by atoms with Crippen molar-refractivity contribution >= 4 is 17.4 Å². The van der Waals surface area contributed by atoms with Crippen LogP contribution in [-0.2, 0) is 0 Å². The fourth-order valence-electron chi connectivity index (χ4n) is 5.79. The Morgan fingerprint density at radius 3 is 2.10 bits per heavy atom. The Labute approximate surface area is 125 Å². The Hall–Kier alpha value is -0.700. The summed E-state index contributed by atoms with van der Waals surface area (Å²) < 4.78 is 2.02. The van der Waals surface area contributed by atoms with Crippen molar-refractivity contribution in [2.75, 3.05) is 5.73 Å². The Morgan fingerprint density at radius 2 is 1.70 bits per heavy atom. The molecule has 4 aliphatic carbocycles. The number of rotatable bonds is 2. The zero-order valence-corrected chi connectivity index (χ0v) is 13.2. The highest BCUT2D eigenvalue weighted by molar-refractivity contribution is 6.33.